The van der Waals surface area contributed by atoms with Gasteiger partial charge in [0.25, 0.3) is 0 Å². The first-order valence-electron chi connectivity index (χ1n) is 6.35. The Morgan fingerprint density at radius 1 is 1.30 bits per heavy atom. The van der Waals surface area contributed by atoms with Gasteiger partial charge in [-0.2, -0.15) is 0 Å². The average Bonchev–Trinajstić information content (AvgIpc) is 2.38. The predicted molar refractivity (Wildman–Crippen MR) is 83.8 cm³/mol. The van der Waals surface area contributed by atoms with Crippen LogP contribution in [0.2, 0.25) is 15.1 Å². The largest absolute Gasteiger partial charge is 0.481 e. The molecule has 0 aromatic heterocycles. The van der Waals surface area contributed by atoms with Crippen LogP contribution < -0.4 is 5.73 Å². The third-order valence-corrected chi connectivity index (χ3v) is 4.69. The van der Waals surface area contributed by atoms with E-state index in [4.69, 9.17) is 45.6 Å². The number of carboxylic acids is 1. The molecule has 1 rings (SSSR count). The number of nitrogens with two attached hydrogens (primary N) is 1. The van der Waals surface area contributed by atoms with Crippen molar-refractivity contribution < 1.29 is 9.90 Å². The van der Waals surface area contributed by atoms with Gasteiger partial charge in [-0.3, -0.25) is 4.79 Å². The average molecular weight is 339 g/mol. The highest BCUT2D eigenvalue weighted by molar-refractivity contribution is 6.43. The third-order valence-electron chi connectivity index (χ3n) is 3.66. The van der Waals surface area contributed by atoms with Crippen LogP contribution in [-0.2, 0) is 4.79 Å². The van der Waals surface area contributed by atoms with Gasteiger partial charge in [-0.05, 0) is 36.0 Å². The van der Waals surface area contributed by atoms with Gasteiger partial charge in [0.15, 0.2) is 0 Å². The number of carboxylic acid groups (broad SMARTS) is 1. The van der Waals surface area contributed by atoms with E-state index in [2.05, 4.69) is 0 Å². The summed E-state index contributed by atoms with van der Waals surface area (Å²) in [6.45, 7) is 4.08. The molecule has 112 valence electrons. The molecule has 3 nitrogen and oxygen atoms in total. The highest BCUT2D eigenvalue weighted by atomic mass is 35.5. The van der Waals surface area contributed by atoms with Gasteiger partial charge in [0.05, 0.1) is 16.0 Å². The molecular formula is C14H18Cl3NO2. The summed E-state index contributed by atoms with van der Waals surface area (Å²) in [6.07, 6.45) is 0.480. The van der Waals surface area contributed by atoms with Crippen LogP contribution in [0.3, 0.4) is 0 Å². The molecule has 3 unspecified atom stereocenters. The van der Waals surface area contributed by atoms with E-state index in [0.717, 1.165) is 5.56 Å². The van der Waals surface area contributed by atoms with Crippen molar-refractivity contribution in [1.82, 2.24) is 0 Å². The van der Waals surface area contributed by atoms with Crippen LogP contribution in [0.15, 0.2) is 12.1 Å². The molecule has 0 radical (unpaired) electrons. The zero-order valence-electron chi connectivity index (χ0n) is 11.4. The minimum atomic E-state index is -0.873. The standard InChI is InChI=1S/C14H18Cl3NO2/c1-7(3-9(6-18)14(19)20)8(2)11-4-10(15)5-12(16)13(11)17/h4-5,7-9H,3,6,18H2,1-2H3,(H,19,20). The number of rotatable bonds is 6. The van der Waals surface area contributed by atoms with Gasteiger partial charge in [0.2, 0.25) is 0 Å². The van der Waals surface area contributed by atoms with Gasteiger partial charge in [-0.15, -0.1) is 0 Å². The molecule has 1 aromatic carbocycles. The first-order valence-corrected chi connectivity index (χ1v) is 7.48. The molecule has 0 aliphatic rings. The van der Waals surface area contributed by atoms with Crippen molar-refractivity contribution in [3.05, 3.63) is 32.8 Å². The fraction of sp³-hybridized carbons (Fsp3) is 0.500. The van der Waals surface area contributed by atoms with E-state index in [1.54, 1.807) is 12.1 Å². The summed E-state index contributed by atoms with van der Waals surface area (Å²) in [5.74, 6) is -1.30. The molecule has 0 spiro atoms. The molecule has 0 amide bonds. The number of hydrogen-bond acceptors (Lipinski definition) is 2. The van der Waals surface area contributed by atoms with Crippen molar-refractivity contribution in [2.24, 2.45) is 17.6 Å². The zero-order valence-corrected chi connectivity index (χ0v) is 13.6. The molecule has 3 N–H and O–H groups in total. The Labute approximate surface area is 134 Å². The van der Waals surface area contributed by atoms with Crippen LogP contribution in [0.1, 0.15) is 31.7 Å². The van der Waals surface area contributed by atoms with Crippen molar-refractivity contribution in [3.8, 4) is 0 Å². The lowest BCUT2D eigenvalue weighted by atomic mass is 9.82. The molecule has 1 aromatic rings. The van der Waals surface area contributed by atoms with E-state index in [1.807, 2.05) is 13.8 Å². The summed E-state index contributed by atoms with van der Waals surface area (Å²) in [7, 11) is 0. The fourth-order valence-electron chi connectivity index (χ4n) is 2.16. The van der Waals surface area contributed by atoms with Gasteiger partial charge < -0.3 is 10.8 Å². The van der Waals surface area contributed by atoms with E-state index in [1.165, 1.54) is 0 Å². The number of benzene rings is 1. The van der Waals surface area contributed by atoms with E-state index in [9.17, 15) is 4.79 Å². The Bertz CT molecular complexity index is 494. The highest BCUT2D eigenvalue weighted by Crippen LogP contribution is 2.38. The first-order chi connectivity index (χ1) is 9.27. The number of aliphatic carboxylic acids is 1. The molecule has 0 bridgehead atoms. The molecule has 0 aliphatic heterocycles. The third kappa shape index (κ3) is 4.26. The van der Waals surface area contributed by atoms with Crippen LogP contribution in [0, 0.1) is 11.8 Å². The smallest absolute Gasteiger partial charge is 0.307 e. The Morgan fingerprint density at radius 2 is 1.90 bits per heavy atom. The van der Waals surface area contributed by atoms with Crippen molar-refractivity contribution in [2.45, 2.75) is 26.2 Å². The zero-order chi connectivity index (χ0) is 15.4. The number of halogens is 3. The predicted octanol–water partition coefficient (Wildman–Crippen LogP) is 4.44. The summed E-state index contributed by atoms with van der Waals surface area (Å²) in [5, 5.41) is 10.5. The Morgan fingerprint density at radius 3 is 2.40 bits per heavy atom. The molecule has 6 heteroatoms. The van der Waals surface area contributed by atoms with Gasteiger partial charge in [0, 0.05) is 11.6 Å². The summed E-state index contributed by atoms with van der Waals surface area (Å²) < 4.78 is 0. The van der Waals surface area contributed by atoms with E-state index in [0.29, 0.717) is 21.5 Å². The maximum absolute atomic E-state index is 11.1. The molecular weight excluding hydrogens is 321 g/mol. The number of carbonyl (C=O) groups is 1. The normalized spacial score (nSPS) is 15.7. The Kier molecular flexibility index (Phi) is 6.59. The molecule has 20 heavy (non-hydrogen) atoms. The van der Waals surface area contributed by atoms with Crippen molar-refractivity contribution in [3.63, 3.8) is 0 Å². The minimum absolute atomic E-state index is 0.0344. The van der Waals surface area contributed by atoms with E-state index in [-0.39, 0.29) is 18.4 Å². The van der Waals surface area contributed by atoms with Gasteiger partial charge in [-0.25, -0.2) is 0 Å². The second-order valence-corrected chi connectivity index (χ2v) is 6.28. The summed E-state index contributed by atoms with van der Waals surface area (Å²) in [6, 6.07) is 3.36. The molecule has 0 aliphatic carbocycles. The first kappa shape index (κ1) is 17.6. The molecule has 0 heterocycles. The van der Waals surface area contributed by atoms with Crippen LogP contribution in [-0.4, -0.2) is 17.6 Å². The highest BCUT2D eigenvalue weighted by Gasteiger charge is 2.25. The fourth-order valence-corrected chi connectivity index (χ4v) is 2.95. The Balaban J connectivity index is 2.94. The topological polar surface area (TPSA) is 63.3 Å². The van der Waals surface area contributed by atoms with Gasteiger partial charge in [0.1, 0.15) is 0 Å². The van der Waals surface area contributed by atoms with Crippen LogP contribution >= 0.6 is 34.8 Å². The maximum atomic E-state index is 11.1. The molecule has 0 saturated heterocycles. The Hall–Kier alpha value is -0.480. The summed E-state index contributed by atoms with van der Waals surface area (Å²) >= 11 is 18.2. The van der Waals surface area contributed by atoms with E-state index < -0.39 is 11.9 Å². The quantitative estimate of drug-likeness (QED) is 0.754. The van der Waals surface area contributed by atoms with E-state index >= 15 is 0 Å². The molecule has 3 atom stereocenters. The number of hydrogen-bond donors (Lipinski definition) is 2. The molecule has 0 saturated carbocycles. The lowest BCUT2D eigenvalue weighted by molar-refractivity contribution is -0.142. The van der Waals surface area contributed by atoms with Gasteiger partial charge in [-0.1, -0.05) is 48.7 Å². The second kappa shape index (κ2) is 7.51. The summed E-state index contributed by atoms with van der Waals surface area (Å²) in [4.78, 5) is 11.1. The lowest BCUT2D eigenvalue weighted by Crippen LogP contribution is -2.26. The van der Waals surface area contributed by atoms with Crippen molar-refractivity contribution in [1.29, 1.82) is 0 Å². The van der Waals surface area contributed by atoms with Crippen LogP contribution in [0.5, 0.6) is 0 Å². The SMILES string of the molecule is CC(CC(CN)C(=O)O)C(C)c1cc(Cl)cc(Cl)c1Cl. The van der Waals surface area contributed by atoms with Crippen molar-refractivity contribution >= 4 is 40.8 Å². The van der Waals surface area contributed by atoms with Crippen LogP contribution in [0.25, 0.3) is 0 Å². The van der Waals surface area contributed by atoms with Gasteiger partial charge >= 0.3 is 5.97 Å². The minimum Gasteiger partial charge on any atom is -0.481 e. The summed E-state index contributed by atoms with van der Waals surface area (Å²) in [5.41, 5.74) is 6.32. The second-order valence-electron chi connectivity index (χ2n) is 5.06. The van der Waals surface area contributed by atoms with Crippen molar-refractivity contribution in [2.75, 3.05) is 6.54 Å². The lowest BCUT2D eigenvalue weighted by Gasteiger charge is -2.24. The van der Waals surface area contributed by atoms with Crippen LogP contribution in [0.4, 0.5) is 0 Å². The maximum Gasteiger partial charge on any atom is 0.307 e. The molecule has 0 fully saturated rings. The monoisotopic (exact) mass is 337 g/mol.